The van der Waals surface area contributed by atoms with E-state index in [0.29, 0.717) is 0 Å². The van der Waals surface area contributed by atoms with Crippen molar-refractivity contribution in [1.29, 1.82) is 0 Å². The minimum Gasteiger partial charge on any atom is -0.334 e. The van der Waals surface area contributed by atoms with Crippen molar-refractivity contribution in [3.05, 3.63) is 68.9 Å². The lowest BCUT2D eigenvalue weighted by Gasteiger charge is -2.24. The Hall–Kier alpha value is -3.07. The van der Waals surface area contributed by atoms with Crippen LogP contribution in [0.3, 0.4) is 0 Å². The van der Waals surface area contributed by atoms with E-state index in [1.54, 1.807) is 29.4 Å². The third-order valence-corrected chi connectivity index (χ3v) is 4.98. The number of amides is 1. The van der Waals surface area contributed by atoms with Gasteiger partial charge in [-0.05, 0) is 30.5 Å². The molecular formula is C16H15N5O3S. The first kappa shape index (κ1) is 16.8. The fraction of sp³-hybridized carbons (Fsp3) is 0.188. The molecule has 1 unspecified atom stereocenters. The average molecular weight is 357 g/mol. The minimum absolute atomic E-state index is 0.124. The van der Waals surface area contributed by atoms with Crippen molar-refractivity contribution in [3.8, 4) is 5.69 Å². The predicted octanol–water partition coefficient (Wildman–Crippen LogP) is 3.07. The Labute approximate surface area is 147 Å². The SMILES string of the molecule is CC(c1cccs1)N(C)C(=O)c1ccc(-n2cncn2)c([N+](=O)[O-])c1. The summed E-state index contributed by atoms with van der Waals surface area (Å²) < 4.78 is 1.30. The van der Waals surface area contributed by atoms with Crippen LogP contribution in [-0.2, 0) is 0 Å². The highest BCUT2D eigenvalue weighted by atomic mass is 32.1. The molecule has 0 saturated heterocycles. The Morgan fingerprint density at radius 3 is 2.80 bits per heavy atom. The normalized spacial score (nSPS) is 11.9. The number of thiophene rings is 1. The monoisotopic (exact) mass is 357 g/mol. The second kappa shape index (κ2) is 6.81. The smallest absolute Gasteiger partial charge is 0.295 e. The van der Waals surface area contributed by atoms with Gasteiger partial charge >= 0.3 is 0 Å². The zero-order chi connectivity index (χ0) is 18.0. The molecule has 0 N–H and O–H groups in total. The number of hydrogen-bond donors (Lipinski definition) is 0. The van der Waals surface area contributed by atoms with Gasteiger partial charge in [0.05, 0.1) is 11.0 Å². The summed E-state index contributed by atoms with van der Waals surface area (Å²) >= 11 is 1.56. The van der Waals surface area contributed by atoms with Crippen LogP contribution in [0.4, 0.5) is 5.69 Å². The molecule has 0 aliphatic heterocycles. The first-order chi connectivity index (χ1) is 12.0. The van der Waals surface area contributed by atoms with Gasteiger partial charge in [-0.15, -0.1) is 11.3 Å². The van der Waals surface area contributed by atoms with Crippen LogP contribution in [0.25, 0.3) is 5.69 Å². The molecule has 0 fully saturated rings. The molecule has 1 aromatic carbocycles. The lowest BCUT2D eigenvalue weighted by Crippen LogP contribution is -2.29. The summed E-state index contributed by atoms with van der Waals surface area (Å²) in [6, 6.07) is 8.09. The lowest BCUT2D eigenvalue weighted by atomic mass is 10.1. The molecule has 3 rings (SSSR count). The van der Waals surface area contributed by atoms with Crippen LogP contribution >= 0.6 is 11.3 Å². The molecule has 25 heavy (non-hydrogen) atoms. The molecule has 2 heterocycles. The Morgan fingerprint density at radius 1 is 1.40 bits per heavy atom. The second-order valence-electron chi connectivity index (χ2n) is 5.41. The minimum atomic E-state index is -0.531. The maximum absolute atomic E-state index is 12.7. The van der Waals surface area contributed by atoms with E-state index in [-0.39, 0.29) is 28.9 Å². The number of carbonyl (C=O) groups is 1. The molecular weight excluding hydrogens is 342 g/mol. The first-order valence-corrected chi connectivity index (χ1v) is 8.31. The fourth-order valence-electron chi connectivity index (χ4n) is 2.43. The molecule has 0 aliphatic carbocycles. The van der Waals surface area contributed by atoms with E-state index in [0.717, 1.165) is 4.88 Å². The molecule has 128 valence electrons. The summed E-state index contributed by atoms with van der Waals surface area (Å²) in [7, 11) is 1.68. The summed E-state index contributed by atoms with van der Waals surface area (Å²) in [4.78, 5) is 30.0. The van der Waals surface area contributed by atoms with Gasteiger partial charge in [0.2, 0.25) is 0 Å². The number of nitro benzene ring substituents is 1. The van der Waals surface area contributed by atoms with Crippen molar-refractivity contribution in [1.82, 2.24) is 19.7 Å². The van der Waals surface area contributed by atoms with Gasteiger partial charge in [-0.2, -0.15) is 5.10 Å². The van der Waals surface area contributed by atoms with E-state index in [1.807, 2.05) is 24.4 Å². The van der Waals surface area contributed by atoms with E-state index in [2.05, 4.69) is 10.1 Å². The van der Waals surface area contributed by atoms with Gasteiger partial charge in [0.15, 0.2) is 0 Å². The summed E-state index contributed by atoms with van der Waals surface area (Å²) in [6.07, 6.45) is 2.66. The Morgan fingerprint density at radius 2 is 2.20 bits per heavy atom. The standard InChI is InChI=1S/C16H15N5O3S/c1-11(15-4-3-7-25-15)19(2)16(22)12-5-6-13(14(8-12)21(23)24)20-10-17-9-18-20/h3-11H,1-2H3. The number of nitrogens with zero attached hydrogens (tertiary/aromatic N) is 5. The number of aromatic nitrogens is 3. The topological polar surface area (TPSA) is 94.2 Å². The summed E-state index contributed by atoms with van der Waals surface area (Å²) in [5, 5.41) is 17.3. The quantitative estimate of drug-likeness (QED) is 0.517. The number of rotatable bonds is 5. The van der Waals surface area contributed by atoms with Crippen LogP contribution in [-0.4, -0.2) is 37.5 Å². The number of nitro groups is 1. The van der Waals surface area contributed by atoms with Gasteiger partial charge in [-0.25, -0.2) is 9.67 Å². The van der Waals surface area contributed by atoms with Crippen LogP contribution < -0.4 is 0 Å². The van der Waals surface area contributed by atoms with E-state index >= 15 is 0 Å². The average Bonchev–Trinajstić information content (AvgIpc) is 3.32. The largest absolute Gasteiger partial charge is 0.334 e. The zero-order valence-corrected chi connectivity index (χ0v) is 14.4. The van der Waals surface area contributed by atoms with Crippen LogP contribution in [0.2, 0.25) is 0 Å². The van der Waals surface area contributed by atoms with Crippen molar-refractivity contribution in [2.75, 3.05) is 7.05 Å². The van der Waals surface area contributed by atoms with E-state index in [9.17, 15) is 14.9 Å². The Balaban J connectivity index is 1.93. The molecule has 0 saturated carbocycles. The van der Waals surface area contributed by atoms with E-state index in [4.69, 9.17) is 0 Å². The summed E-state index contributed by atoms with van der Waals surface area (Å²) in [5.74, 6) is -0.283. The third kappa shape index (κ3) is 3.26. The third-order valence-electron chi connectivity index (χ3n) is 3.94. The molecule has 3 aromatic rings. The molecule has 0 radical (unpaired) electrons. The maximum Gasteiger partial charge on any atom is 0.295 e. The summed E-state index contributed by atoms with van der Waals surface area (Å²) in [6.45, 7) is 1.92. The van der Waals surface area contributed by atoms with Gasteiger partial charge in [0, 0.05) is 23.6 Å². The first-order valence-electron chi connectivity index (χ1n) is 7.43. The fourth-order valence-corrected chi connectivity index (χ4v) is 3.25. The molecule has 1 amide bonds. The summed E-state index contributed by atoms with van der Waals surface area (Å²) in [5.41, 5.74) is 0.308. The van der Waals surface area contributed by atoms with Crippen molar-refractivity contribution in [3.63, 3.8) is 0 Å². The molecule has 0 bridgehead atoms. The highest BCUT2D eigenvalue weighted by Gasteiger charge is 2.24. The Kier molecular flexibility index (Phi) is 4.57. The number of hydrogen-bond acceptors (Lipinski definition) is 6. The second-order valence-corrected chi connectivity index (χ2v) is 6.39. The number of carbonyl (C=O) groups excluding carboxylic acids is 1. The van der Waals surface area contributed by atoms with E-state index < -0.39 is 4.92 Å². The van der Waals surface area contributed by atoms with Gasteiger partial charge in [0.1, 0.15) is 18.3 Å². The van der Waals surface area contributed by atoms with Gasteiger partial charge in [-0.3, -0.25) is 14.9 Å². The Bertz CT molecular complexity index is 893. The van der Waals surface area contributed by atoms with Crippen LogP contribution in [0.15, 0.2) is 48.4 Å². The lowest BCUT2D eigenvalue weighted by molar-refractivity contribution is -0.384. The molecule has 1 atom stereocenters. The highest BCUT2D eigenvalue weighted by Crippen LogP contribution is 2.27. The van der Waals surface area contributed by atoms with Crippen LogP contribution in [0.1, 0.15) is 28.2 Å². The van der Waals surface area contributed by atoms with Crippen molar-refractivity contribution in [2.24, 2.45) is 0 Å². The van der Waals surface area contributed by atoms with Crippen molar-refractivity contribution < 1.29 is 9.72 Å². The van der Waals surface area contributed by atoms with Crippen molar-refractivity contribution >= 4 is 22.9 Å². The van der Waals surface area contributed by atoms with Gasteiger partial charge in [0.25, 0.3) is 11.6 Å². The van der Waals surface area contributed by atoms with Crippen molar-refractivity contribution in [2.45, 2.75) is 13.0 Å². The number of benzene rings is 1. The molecule has 0 aliphatic rings. The van der Waals surface area contributed by atoms with E-state index in [1.165, 1.54) is 29.5 Å². The van der Waals surface area contributed by atoms with Gasteiger partial charge < -0.3 is 4.90 Å². The molecule has 2 aromatic heterocycles. The molecule has 0 spiro atoms. The maximum atomic E-state index is 12.7. The van der Waals surface area contributed by atoms with Crippen LogP contribution in [0.5, 0.6) is 0 Å². The van der Waals surface area contributed by atoms with Gasteiger partial charge in [-0.1, -0.05) is 6.07 Å². The highest BCUT2D eigenvalue weighted by molar-refractivity contribution is 7.10. The molecule has 9 heteroatoms. The molecule has 8 nitrogen and oxygen atoms in total. The predicted molar refractivity (Wildman–Crippen MR) is 92.8 cm³/mol. The zero-order valence-electron chi connectivity index (χ0n) is 13.6. The van der Waals surface area contributed by atoms with Crippen LogP contribution in [0, 0.1) is 10.1 Å².